The molecule has 1 aromatic carbocycles. The predicted molar refractivity (Wildman–Crippen MR) is 83.7 cm³/mol. The highest BCUT2D eigenvalue weighted by Gasteiger charge is 2.38. The summed E-state index contributed by atoms with van der Waals surface area (Å²) in [5, 5.41) is 5.60. The Bertz CT molecular complexity index is 368. The minimum absolute atomic E-state index is 0.761. The van der Waals surface area contributed by atoms with Crippen molar-refractivity contribution >= 4 is 23.5 Å². The zero-order valence-corrected chi connectivity index (χ0v) is 12.3. The van der Waals surface area contributed by atoms with Crippen LogP contribution in [0, 0.1) is 0 Å². The lowest BCUT2D eigenvalue weighted by Gasteiger charge is -2.28. The average molecular weight is 279 g/mol. The summed E-state index contributed by atoms with van der Waals surface area (Å²) in [6.07, 6.45) is 3.96. The third-order valence-electron chi connectivity index (χ3n) is 3.91. The third kappa shape index (κ3) is 3.06. The van der Waals surface area contributed by atoms with Crippen molar-refractivity contribution in [1.82, 2.24) is 5.32 Å². The van der Waals surface area contributed by atoms with Gasteiger partial charge in [0.25, 0.3) is 0 Å². The van der Waals surface area contributed by atoms with Crippen LogP contribution in [0.2, 0.25) is 0 Å². The van der Waals surface area contributed by atoms with Gasteiger partial charge in [-0.05, 0) is 31.4 Å². The van der Waals surface area contributed by atoms with E-state index in [1.54, 1.807) is 0 Å². The van der Waals surface area contributed by atoms with Crippen LogP contribution in [0.3, 0.4) is 0 Å². The highest BCUT2D eigenvalue weighted by molar-refractivity contribution is 8.07. The van der Waals surface area contributed by atoms with Crippen molar-refractivity contribution in [3.63, 3.8) is 0 Å². The molecule has 1 saturated carbocycles. The van der Waals surface area contributed by atoms with E-state index in [1.165, 1.54) is 29.9 Å². The first kappa shape index (κ1) is 12.9. The fraction of sp³-hybridized carbons (Fsp3) is 0.600. The molecular formula is C15H21NS2. The van der Waals surface area contributed by atoms with E-state index in [-0.39, 0.29) is 0 Å². The number of nitrogens with one attached hydrogen (secondary N) is 1. The van der Waals surface area contributed by atoms with Gasteiger partial charge in [-0.3, -0.25) is 0 Å². The maximum absolute atomic E-state index is 3.80. The standard InChI is InChI=1S/C15H21NS2/c1-2-4-12(5-3-1)8-9-16-13-6-7-14-15(13)18-11-10-17-14/h1-5,13-16H,6-11H2/t13-,14+,15+/m1/s1. The molecule has 2 aliphatic rings. The van der Waals surface area contributed by atoms with Gasteiger partial charge >= 0.3 is 0 Å². The maximum Gasteiger partial charge on any atom is 0.0320 e. The zero-order chi connectivity index (χ0) is 12.2. The van der Waals surface area contributed by atoms with Crippen LogP contribution in [-0.2, 0) is 6.42 Å². The van der Waals surface area contributed by atoms with Gasteiger partial charge in [0.2, 0.25) is 0 Å². The van der Waals surface area contributed by atoms with E-state index < -0.39 is 0 Å². The van der Waals surface area contributed by atoms with E-state index in [0.717, 1.165) is 29.5 Å². The summed E-state index contributed by atoms with van der Waals surface area (Å²) in [5.74, 6) is 2.71. The van der Waals surface area contributed by atoms with Crippen LogP contribution in [0.1, 0.15) is 18.4 Å². The predicted octanol–water partition coefficient (Wildman–Crippen LogP) is 3.20. The lowest BCUT2D eigenvalue weighted by molar-refractivity contribution is 0.536. The van der Waals surface area contributed by atoms with Crippen LogP contribution in [0.25, 0.3) is 0 Å². The highest BCUT2D eigenvalue weighted by Crippen LogP contribution is 2.41. The van der Waals surface area contributed by atoms with E-state index >= 15 is 0 Å². The highest BCUT2D eigenvalue weighted by atomic mass is 32.2. The van der Waals surface area contributed by atoms with Crippen molar-refractivity contribution in [3.8, 4) is 0 Å². The summed E-state index contributed by atoms with van der Waals surface area (Å²) in [5.41, 5.74) is 1.45. The number of hydrogen-bond donors (Lipinski definition) is 1. The van der Waals surface area contributed by atoms with Gasteiger partial charge < -0.3 is 5.32 Å². The molecule has 0 bridgehead atoms. The molecule has 3 rings (SSSR count). The largest absolute Gasteiger partial charge is 0.313 e. The van der Waals surface area contributed by atoms with Gasteiger partial charge in [0.05, 0.1) is 0 Å². The molecule has 1 aromatic rings. The van der Waals surface area contributed by atoms with Crippen molar-refractivity contribution in [2.45, 2.75) is 35.8 Å². The smallest absolute Gasteiger partial charge is 0.0320 e. The van der Waals surface area contributed by atoms with Gasteiger partial charge in [-0.1, -0.05) is 30.3 Å². The Morgan fingerprint density at radius 2 is 1.89 bits per heavy atom. The topological polar surface area (TPSA) is 12.0 Å². The quantitative estimate of drug-likeness (QED) is 0.909. The molecule has 1 aliphatic heterocycles. The van der Waals surface area contributed by atoms with Gasteiger partial charge in [-0.15, -0.1) is 0 Å². The lowest BCUT2D eigenvalue weighted by Crippen LogP contribution is -2.39. The van der Waals surface area contributed by atoms with E-state index in [4.69, 9.17) is 0 Å². The Morgan fingerprint density at radius 1 is 1.06 bits per heavy atom. The molecule has 1 N–H and O–H groups in total. The maximum atomic E-state index is 3.80. The van der Waals surface area contributed by atoms with Gasteiger partial charge in [-0.25, -0.2) is 0 Å². The van der Waals surface area contributed by atoms with Gasteiger partial charge in [0, 0.05) is 28.0 Å². The molecule has 3 atom stereocenters. The fourth-order valence-corrected chi connectivity index (χ4v) is 6.30. The minimum Gasteiger partial charge on any atom is -0.313 e. The summed E-state index contributed by atoms with van der Waals surface area (Å²) in [6.45, 7) is 1.13. The number of hydrogen-bond acceptors (Lipinski definition) is 3. The third-order valence-corrected chi connectivity index (χ3v) is 7.22. The molecule has 1 heterocycles. The summed E-state index contributed by atoms with van der Waals surface area (Å²) in [6, 6.07) is 11.6. The summed E-state index contributed by atoms with van der Waals surface area (Å²) < 4.78 is 0. The Kier molecular flexibility index (Phi) is 4.55. The Balaban J connectivity index is 1.46. The van der Waals surface area contributed by atoms with Crippen LogP contribution in [0.4, 0.5) is 0 Å². The molecule has 0 amide bonds. The van der Waals surface area contributed by atoms with Gasteiger partial charge in [-0.2, -0.15) is 23.5 Å². The summed E-state index contributed by atoms with van der Waals surface area (Å²) in [7, 11) is 0. The van der Waals surface area contributed by atoms with E-state index in [9.17, 15) is 0 Å². The molecule has 0 unspecified atom stereocenters. The molecule has 0 radical (unpaired) electrons. The molecule has 1 nitrogen and oxygen atoms in total. The summed E-state index contributed by atoms with van der Waals surface area (Å²) in [4.78, 5) is 0. The molecule has 1 aliphatic carbocycles. The van der Waals surface area contributed by atoms with Crippen LogP contribution in [-0.4, -0.2) is 34.6 Å². The second-order valence-electron chi connectivity index (χ2n) is 5.12. The fourth-order valence-electron chi connectivity index (χ4n) is 2.98. The first-order valence-electron chi connectivity index (χ1n) is 6.94. The van der Waals surface area contributed by atoms with Crippen LogP contribution >= 0.6 is 23.5 Å². The van der Waals surface area contributed by atoms with Gasteiger partial charge in [0.15, 0.2) is 0 Å². The molecule has 2 fully saturated rings. The van der Waals surface area contributed by atoms with Crippen LogP contribution in [0.15, 0.2) is 30.3 Å². The van der Waals surface area contributed by atoms with E-state index in [1.807, 2.05) is 0 Å². The molecular weight excluding hydrogens is 258 g/mol. The minimum atomic E-state index is 0.761. The first-order valence-corrected chi connectivity index (χ1v) is 9.04. The monoisotopic (exact) mass is 279 g/mol. The molecule has 1 saturated heterocycles. The van der Waals surface area contributed by atoms with E-state index in [0.29, 0.717) is 0 Å². The summed E-state index contributed by atoms with van der Waals surface area (Å²) >= 11 is 4.41. The van der Waals surface area contributed by atoms with E-state index in [2.05, 4.69) is 59.2 Å². The van der Waals surface area contributed by atoms with Crippen molar-refractivity contribution in [2.24, 2.45) is 0 Å². The SMILES string of the molecule is c1ccc(CCN[C@@H]2CC[C@@H]3SCCS[C@H]32)cc1. The van der Waals surface area contributed by atoms with Crippen LogP contribution in [0.5, 0.6) is 0 Å². The number of thioether (sulfide) groups is 2. The molecule has 98 valence electrons. The molecule has 18 heavy (non-hydrogen) atoms. The van der Waals surface area contributed by atoms with Gasteiger partial charge in [0.1, 0.15) is 0 Å². The number of benzene rings is 1. The normalized spacial score (nSPS) is 31.2. The molecule has 3 heteroatoms. The molecule has 0 spiro atoms. The average Bonchev–Trinajstić information content (AvgIpc) is 2.84. The second kappa shape index (κ2) is 6.36. The molecule has 0 aromatic heterocycles. The zero-order valence-electron chi connectivity index (χ0n) is 10.7. The van der Waals surface area contributed by atoms with Crippen molar-refractivity contribution in [1.29, 1.82) is 0 Å². The van der Waals surface area contributed by atoms with Crippen LogP contribution < -0.4 is 5.32 Å². The Morgan fingerprint density at radius 3 is 2.78 bits per heavy atom. The Hall–Kier alpha value is -0.120. The Labute approximate surface area is 119 Å². The van der Waals surface area contributed by atoms with Crippen molar-refractivity contribution < 1.29 is 0 Å². The van der Waals surface area contributed by atoms with Crippen molar-refractivity contribution in [2.75, 3.05) is 18.1 Å². The lowest BCUT2D eigenvalue weighted by atomic mass is 10.1. The number of rotatable bonds is 4. The first-order chi connectivity index (χ1) is 8.93. The second-order valence-corrected chi connectivity index (χ2v) is 7.75. The number of fused-ring (bicyclic) bond motifs is 1. The van der Waals surface area contributed by atoms with Crippen molar-refractivity contribution in [3.05, 3.63) is 35.9 Å².